The zero-order valence-corrected chi connectivity index (χ0v) is 23.8. The van der Waals surface area contributed by atoms with E-state index in [-0.39, 0.29) is 30.8 Å². The van der Waals surface area contributed by atoms with Crippen molar-refractivity contribution in [2.45, 2.75) is 64.7 Å². The van der Waals surface area contributed by atoms with E-state index < -0.39 is 29.1 Å². The number of para-hydroxylation sites is 1. The lowest BCUT2D eigenvalue weighted by atomic mass is 9.46. The van der Waals surface area contributed by atoms with Crippen LogP contribution in [0.15, 0.2) is 48.5 Å². The van der Waals surface area contributed by atoms with Crippen molar-refractivity contribution < 1.29 is 34.0 Å². The molecule has 0 heterocycles. The quantitative estimate of drug-likeness (QED) is 0.359. The summed E-state index contributed by atoms with van der Waals surface area (Å²) in [6.07, 6.45) is 0.797. The number of carbonyl (C=O) groups excluding carboxylic acids is 2. The van der Waals surface area contributed by atoms with Gasteiger partial charge in [-0.2, -0.15) is 0 Å². The number of aliphatic hydroxyl groups excluding tert-OH is 2. The van der Waals surface area contributed by atoms with E-state index in [1.807, 2.05) is 31.2 Å². The number of benzene rings is 2. The number of methoxy groups -OCH3 is 2. The molecule has 6 unspecified atom stereocenters. The van der Waals surface area contributed by atoms with Gasteiger partial charge in [-0.25, -0.2) is 4.79 Å². The third-order valence-electron chi connectivity index (χ3n) is 9.32. The molecule has 9 nitrogen and oxygen atoms in total. The third kappa shape index (κ3) is 6.05. The zero-order chi connectivity index (χ0) is 28.9. The number of fused-ring (bicyclic) bond motifs is 1. The molecule has 6 atom stereocenters. The molecule has 4 N–H and O–H groups in total. The van der Waals surface area contributed by atoms with E-state index in [1.54, 1.807) is 38.5 Å². The molecule has 0 aromatic heterocycles. The molecule has 0 aliphatic heterocycles. The van der Waals surface area contributed by atoms with E-state index in [1.165, 1.54) is 0 Å². The average molecular weight is 555 g/mol. The second-order valence-corrected chi connectivity index (χ2v) is 11.6. The highest BCUT2D eigenvalue weighted by Crippen LogP contribution is 2.61. The number of aliphatic hydroxyl groups is 2. The van der Waals surface area contributed by atoms with Gasteiger partial charge in [0.25, 0.3) is 0 Å². The molecule has 218 valence electrons. The molecule has 4 rings (SSSR count). The Morgan fingerprint density at radius 3 is 2.52 bits per heavy atom. The van der Waals surface area contributed by atoms with E-state index >= 15 is 0 Å². The molecule has 2 aromatic carbocycles. The molecule has 0 radical (unpaired) electrons. The second kappa shape index (κ2) is 12.5. The molecule has 2 aromatic rings. The smallest absolute Gasteiger partial charge is 0.411 e. The van der Waals surface area contributed by atoms with E-state index in [9.17, 15) is 19.8 Å². The van der Waals surface area contributed by atoms with Crippen LogP contribution in [0.4, 0.5) is 10.5 Å². The Morgan fingerprint density at radius 1 is 1.02 bits per heavy atom. The zero-order valence-electron chi connectivity index (χ0n) is 23.8. The lowest BCUT2D eigenvalue weighted by Crippen LogP contribution is -2.61. The molecule has 2 saturated carbocycles. The van der Waals surface area contributed by atoms with Gasteiger partial charge in [-0.15, -0.1) is 0 Å². The maximum atomic E-state index is 13.1. The van der Waals surface area contributed by atoms with Crippen molar-refractivity contribution in [3.63, 3.8) is 0 Å². The van der Waals surface area contributed by atoms with Crippen LogP contribution in [-0.4, -0.2) is 55.2 Å². The van der Waals surface area contributed by atoms with Gasteiger partial charge in [0.05, 0.1) is 26.9 Å². The highest BCUT2D eigenvalue weighted by atomic mass is 16.6. The molecular formula is C31H42N2O7. The first-order valence-electron chi connectivity index (χ1n) is 13.9. The largest absolute Gasteiger partial charge is 0.497 e. The van der Waals surface area contributed by atoms with Gasteiger partial charge in [0.15, 0.2) is 0 Å². The van der Waals surface area contributed by atoms with Crippen LogP contribution in [0, 0.1) is 22.7 Å². The van der Waals surface area contributed by atoms with E-state index in [2.05, 4.69) is 17.6 Å². The summed E-state index contributed by atoms with van der Waals surface area (Å²) < 4.78 is 16.5. The Bertz CT molecular complexity index is 1190. The summed E-state index contributed by atoms with van der Waals surface area (Å²) in [5, 5.41) is 27.5. The molecule has 2 fully saturated rings. The van der Waals surface area contributed by atoms with Crippen molar-refractivity contribution in [1.29, 1.82) is 0 Å². The number of hydrogen-bond acceptors (Lipinski definition) is 7. The van der Waals surface area contributed by atoms with Crippen LogP contribution in [0.25, 0.3) is 0 Å². The van der Waals surface area contributed by atoms with Crippen LogP contribution in [0.1, 0.15) is 51.5 Å². The van der Waals surface area contributed by atoms with Gasteiger partial charge in [0.1, 0.15) is 17.6 Å². The first-order valence-corrected chi connectivity index (χ1v) is 13.9. The van der Waals surface area contributed by atoms with Crippen LogP contribution in [-0.2, 0) is 16.1 Å². The molecule has 2 amide bonds. The SMILES string of the molecule is COc1cccc(NC(=O)OC2CCC3(C)C(CC(=O)NCc4ccccc4OC)C(O)CCC3C2(C)CO)c1. The van der Waals surface area contributed by atoms with Gasteiger partial charge in [-0.3, -0.25) is 10.1 Å². The molecule has 40 heavy (non-hydrogen) atoms. The Labute approximate surface area is 236 Å². The molecule has 2 aliphatic carbocycles. The number of amides is 2. The lowest BCUT2D eigenvalue weighted by Gasteiger charge is -2.60. The van der Waals surface area contributed by atoms with Crippen LogP contribution in [0.2, 0.25) is 0 Å². The highest BCUT2D eigenvalue weighted by molar-refractivity contribution is 5.85. The van der Waals surface area contributed by atoms with Gasteiger partial charge < -0.3 is 29.7 Å². The minimum atomic E-state index is -0.731. The van der Waals surface area contributed by atoms with Gasteiger partial charge in [-0.05, 0) is 61.1 Å². The lowest BCUT2D eigenvalue weighted by molar-refractivity contribution is -0.185. The first-order chi connectivity index (χ1) is 19.1. The molecule has 2 aliphatic rings. The molecule has 0 spiro atoms. The summed E-state index contributed by atoms with van der Waals surface area (Å²) in [5.41, 5.74) is 0.283. The summed E-state index contributed by atoms with van der Waals surface area (Å²) >= 11 is 0. The summed E-state index contributed by atoms with van der Waals surface area (Å²) in [4.78, 5) is 26.0. The Kier molecular flexibility index (Phi) is 9.26. The second-order valence-electron chi connectivity index (χ2n) is 11.6. The van der Waals surface area contributed by atoms with Crippen LogP contribution < -0.4 is 20.1 Å². The van der Waals surface area contributed by atoms with Crippen LogP contribution in [0.3, 0.4) is 0 Å². The van der Waals surface area contributed by atoms with Crippen LogP contribution in [0.5, 0.6) is 11.5 Å². The minimum Gasteiger partial charge on any atom is -0.497 e. The number of anilines is 1. The third-order valence-corrected chi connectivity index (χ3v) is 9.32. The molecular weight excluding hydrogens is 512 g/mol. The van der Waals surface area contributed by atoms with Gasteiger partial charge in [0.2, 0.25) is 5.91 Å². The number of hydrogen-bond donors (Lipinski definition) is 4. The predicted molar refractivity (Wildman–Crippen MR) is 151 cm³/mol. The standard InChI is InChI=1S/C31H42N2O7/c1-30-15-14-27(40-29(37)33-21-9-7-10-22(16-21)38-3)31(2,19-34)26(30)13-12-24(35)23(30)17-28(36)32-18-20-8-5-6-11-25(20)39-4/h5-11,16,23-24,26-27,34-35H,12-15,17-19H2,1-4H3,(H,32,36)(H,33,37). The maximum Gasteiger partial charge on any atom is 0.411 e. The molecule has 0 bridgehead atoms. The van der Waals surface area contributed by atoms with Gasteiger partial charge in [0, 0.05) is 35.7 Å². The fourth-order valence-corrected chi connectivity index (χ4v) is 7.07. The molecule has 9 heteroatoms. The number of carbonyl (C=O) groups is 2. The Morgan fingerprint density at radius 2 is 1.80 bits per heavy atom. The monoisotopic (exact) mass is 554 g/mol. The predicted octanol–water partition coefficient (Wildman–Crippen LogP) is 4.51. The van der Waals surface area contributed by atoms with Gasteiger partial charge >= 0.3 is 6.09 Å². The average Bonchev–Trinajstić information content (AvgIpc) is 2.95. The first kappa shape index (κ1) is 29.7. The number of ether oxygens (including phenoxy) is 3. The fourth-order valence-electron chi connectivity index (χ4n) is 7.07. The highest BCUT2D eigenvalue weighted by Gasteiger charge is 2.60. The van der Waals surface area contributed by atoms with Crippen molar-refractivity contribution in [1.82, 2.24) is 5.32 Å². The number of rotatable bonds is 9. The maximum absolute atomic E-state index is 13.1. The summed E-state index contributed by atoms with van der Waals surface area (Å²) in [5.74, 6) is 0.842. The van der Waals surface area contributed by atoms with Crippen LogP contribution >= 0.6 is 0 Å². The van der Waals surface area contributed by atoms with E-state index in [4.69, 9.17) is 14.2 Å². The normalized spacial score (nSPS) is 29.6. The van der Waals surface area contributed by atoms with Crippen molar-refractivity contribution in [2.24, 2.45) is 22.7 Å². The van der Waals surface area contributed by atoms with Crippen molar-refractivity contribution >= 4 is 17.7 Å². The Balaban J connectivity index is 1.45. The van der Waals surface area contributed by atoms with E-state index in [0.717, 1.165) is 5.56 Å². The fraction of sp³-hybridized carbons (Fsp3) is 0.548. The topological polar surface area (TPSA) is 126 Å². The summed E-state index contributed by atoms with van der Waals surface area (Å²) in [7, 11) is 3.16. The minimum absolute atomic E-state index is 0.0520. The number of nitrogens with one attached hydrogen (secondary N) is 2. The summed E-state index contributed by atoms with van der Waals surface area (Å²) in [6, 6.07) is 14.6. The van der Waals surface area contributed by atoms with Crippen molar-refractivity contribution in [3.05, 3.63) is 54.1 Å². The summed E-state index contributed by atoms with van der Waals surface area (Å²) in [6.45, 7) is 4.22. The molecule has 0 saturated heterocycles. The van der Waals surface area contributed by atoms with Crippen molar-refractivity contribution in [2.75, 3.05) is 26.1 Å². The Hall–Kier alpha value is -3.30. The van der Waals surface area contributed by atoms with E-state index in [0.29, 0.717) is 49.4 Å². The van der Waals surface area contributed by atoms with Gasteiger partial charge in [-0.1, -0.05) is 38.1 Å². The van der Waals surface area contributed by atoms with Crippen molar-refractivity contribution in [3.8, 4) is 11.5 Å².